The van der Waals surface area contributed by atoms with Gasteiger partial charge in [-0.2, -0.15) is 0 Å². The van der Waals surface area contributed by atoms with Crippen molar-refractivity contribution in [2.45, 2.75) is 31.3 Å². The predicted molar refractivity (Wildman–Crippen MR) is 84.3 cm³/mol. The van der Waals surface area contributed by atoms with E-state index in [2.05, 4.69) is 0 Å². The molecule has 0 fully saturated rings. The fourth-order valence-corrected chi connectivity index (χ4v) is 2.93. The Morgan fingerprint density at radius 3 is 2.33 bits per heavy atom. The average Bonchev–Trinajstić information content (AvgIpc) is 2.45. The van der Waals surface area contributed by atoms with Crippen LogP contribution in [0.15, 0.2) is 53.4 Å². The van der Waals surface area contributed by atoms with Gasteiger partial charge in [0.15, 0.2) is 0 Å². The molecule has 3 nitrogen and oxygen atoms in total. The van der Waals surface area contributed by atoms with Crippen LogP contribution in [0.25, 0.3) is 0 Å². The van der Waals surface area contributed by atoms with Crippen molar-refractivity contribution in [1.82, 2.24) is 0 Å². The zero-order valence-corrected chi connectivity index (χ0v) is 13.5. The van der Waals surface area contributed by atoms with Crippen molar-refractivity contribution in [3.63, 3.8) is 0 Å². The summed E-state index contributed by atoms with van der Waals surface area (Å²) in [6.45, 7) is 4.27. The van der Waals surface area contributed by atoms with E-state index in [1.807, 2.05) is 50.2 Å². The van der Waals surface area contributed by atoms with E-state index in [9.17, 15) is 8.42 Å². The van der Waals surface area contributed by atoms with E-state index in [1.54, 1.807) is 12.1 Å². The maximum absolute atomic E-state index is 11.7. The van der Waals surface area contributed by atoms with Gasteiger partial charge in [0.2, 0.25) is 0 Å². The normalized spacial score (nSPS) is 11.6. The topological polar surface area (TPSA) is 43.4 Å². The summed E-state index contributed by atoms with van der Waals surface area (Å²) in [6.07, 6.45) is 0. The molecule has 2 rings (SSSR count). The molecule has 0 aliphatic carbocycles. The van der Waals surface area contributed by atoms with E-state index in [4.69, 9.17) is 15.4 Å². The Labute approximate surface area is 129 Å². The van der Waals surface area contributed by atoms with Gasteiger partial charge in [-0.1, -0.05) is 50.2 Å². The lowest BCUT2D eigenvalue weighted by atomic mass is 10.0. The summed E-state index contributed by atoms with van der Waals surface area (Å²) in [5.74, 6) is 0.489. The van der Waals surface area contributed by atoms with Gasteiger partial charge >= 0.3 is 0 Å². The number of halogens is 1. The number of hydrogen-bond acceptors (Lipinski definition) is 3. The summed E-state index contributed by atoms with van der Waals surface area (Å²) < 4.78 is 29.1. The third-order valence-corrected chi connectivity index (χ3v) is 4.48. The first-order chi connectivity index (χ1) is 9.88. The molecule has 0 amide bonds. The van der Waals surface area contributed by atoms with Gasteiger partial charge in [-0.3, -0.25) is 0 Å². The first-order valence-corrected chi connectivity index (χ1v) is 8.94. The number of benzene rings is 2. The molecule has 5 heteroatoms. The monoisotopic (exact) mass is 324 g/mol. The van der Waals surface area contributed by atoms with Gasteiger partial charge in [0.05, 0.1) is 0 Å². The molecule has 2 aromatic rings. The minimum absolute atomic E-state index is 0.0197. The zero-order valence-electron chi connectivity index (χ0n) is 11.9. The summed E-state index contributed by atoms with van der Waals surface area (Å²) in [6, 6.07) is 14.6. The Morgan fingerprint density at radius 2 is 1.76 bits per heavy atom. The van der Waals surface area contributed by atoms with Crippen molar-refractivity contribution in [3.05, 3.63) is 59.7 Å². The molecule has 0 saturated heterocycles. The smallest absolute Gasteiger partial charge is 0.264 e. The van der Waals surface area contributed by atoms with Crippen LogP contribution in [0.2, 0.25) is 0 Å². The Kier molecular flexibility index (Phi) is 4.91. The first-order valence-electron chi connectivity index (χ1n) is 6.63. The van der Waals surface area contributed by atoms with Crippen LogP contribution in [-0.4, -0.2) is 8.42 Å². The quantitative estimate of drug-likeness (QED) is 0.769. The lowest BCUT2D eigenvalue weighted by molar-refractivity contribution is 0.298. The largest absolute Gasteiger partial charge is 0.487 e. The number of ether oxygens (including phenoxy) is 1. The van der Waals surface area contributed by atoms with Crippen LogP contribution in [0.1, 0.15) is 30.9 Å². The molecule has 0 aromatic heterocycles. The molecule has 0 N–H and O–H groups in total. The summed E-state index contributed by atoms with van der Waals surface area (Å²) in [5.41, 5.74) is 1.87. The fourth-order valence-electron chi connectivity index (χ4n) is 1.93. The molecule has 0 spiro atoms. The Balaban J connectivity index is 2.30. The molecule has 0 bridgehead atoms. The third kappa shape index (κ3) is 4.22. The van der Waals surface area contributed by atoms with Crippen molar-refractivity contribution < 1.29 is 13.2 Å². The fraction of sp³-hybridized carbons (Fsp3) is 0.250. The van der Waals surface area contributed by atoms with E-state index in [0.29, 0.717) is 6.61 Å². The van der Waals surface area contributed by atoms with Gasteiger partial charge in [-0.05, 0) is 29.2 Å². The maximum atomic E-state index is 11.7. The lowest BCUT2D eigenvalue weighted by Gasteiger charge is -2.13. The van der Waals surface area contributed by atoms with Gasteiger partial charge < -0.3 is 4.74 Å². The van der Waals surface area contributed by atoms with E-state index in [1.165, 1.54) is 0 Å². The van der Waals surface area contributed by atoms with Gasteiger partial charge in [0.25, 0.3) is 9.05 Å². The zero-order chi connectivity index (χ0) is 15.5. The lowest BCUT2D eigenvalue weighted by Crippen LogP contribution is -2.02. The highest BCUT2D eigenvalue weighted by molar-refractivity contribution is 8.13. The summed E-state index contributed by atoms with van der Waals surface area (Å²) >= 11 is 0. The molecule has 0 atom stereocenters. The van der Waals surface area contributed by atoms with Crippen LogP contribution in [0.4, 0.5) is 0 Å². The molecular weight excluding hydrogens is 308 g/mol. The number of hydrogen-bond donors (Lipinski definition) is 0. The van der Waals surface area contributed by atoms with E-state index in [-0.39, 0.29) is 16.6 Å². The van der Waals surface area contributed by atoms with Gasteiger partial charge in [-0.15, -0.1) is 0 Å². The second kappa shape index (κ2) is 6.50. The molecule has 0 aliphatic rings. The van der Waals surface area contributed by atoms with Gasteiger partial charge in [-0.25, -0.2) is 8.42 Å². The average molecular weight is 325 g/mol. The van der Waals surface area contributed by atoms with Crippen LogP contribution >= 0.6 is 10.7 Å². The van der Waals surface area contributed by atoms with Crippen molar-refractivity contribution in [3.8, 4) is 5.75 Å². The summed E-state index contributed by atoms with van der Waals surface area (Å²) in [7, 11) is 1.67. The standard InChI is InChI=1S/C16H17ClO3S/c1-12(2)14-8-9-15(16(10-14)21(17,18)19)20-11-13-6-4-3-5-7-13/h3-10,12H,11H2,1-2H3. The summed E-state index contributed by atoms with van der Waals surface area (Å²) in [4.78, 5) is 0.0197. The summed E-state index contributed by atoms with van der Waals surface area (Å²) in [5, 5.41) is 0. The van der Waals surface area contributed by atoms with Crippen LogP contribution in [0.5, 0.6) is 5.75 Å². The highest BCUT2D eigenvalue weighted by atomic mass is 35.7. The molecule has 0 aliphatic heterocycles. The highest BCUT2D eigenvalue weighted by Crippen LogP contribution is 2.31. The SMILES string of the molecule is CC(C)c1ccc(OCc2ccccc2)c(S(=O)(=O)Cl)c1. The Hall–Kier alpha value is -1.52. The van der Waals surface area contributed by atoms with Crippen molar-refractivity contribution >= 4 is 19.7 Å². The minimum Gasteiger partial charge on any atom is -0.487 e. The second-order valence-electron chi connectivity index (χ2n) is 5.07. The molecule has 0 unspecified atom stereocenters. The van der Waals surface area contributed by atoms with Crippen molar-refractivity contribution in [2.24, 2.45) is 0 Å². The van der Waals surface area contributed by atoms with Crippen LogP contribution in [0, 0.1) is 0 Å². The van der Waals surface area contributed by atoms with Crippen LogP contribution < -0.4 is 4.74 Å². The molecule has 0 heterocycles. The second-order valence-corrected chi connectivity index (χ2v) is 7.61. The van der Waals surface area contributed by atoms with E-state index in [0.717, 1.165) is 11.1 Å². The maximum Gasteiger partial charge on any atom is 0.264 e. The Bertz CT molecular complexity index is 710. The van der Waals surface area contributed by atoms with Crippen LogP contribution in [-0.2, 0) is 15.7 Å². The first kappa shape index (κ1) is 15.9. The van der Waals surface area contributed by atoms with Gasteiger partial charge in [0, 0.05) is 10.7 Å². The van der Waals surface area contributed by atoms with Crippen LogP contribution in [0.3, 0.4) is 0 Å². The molecule has 0 saturated carbocycles. The molecular formula is C16H17ClO3S. The third-order valence-electron chi connectivity index (χ3n) is 3.13. The predicted octanol–water partition coefficient (Wildman–Crippen LogP) is 4.32. The molecule has 0 radical (unpaired) electrons. The van der Waals surface area contributed by atoms with E-state index >= 15 is 0 Å². The highest BCUT2D eigenvalue weighted by Gasteiger charge is 2.18. The minimum atomic E-state index is -3.85. The molecule has 2 aromatic carbocycles. The molecule has 112 valence electrons. The van der Waals surface area contributed by atoms with Crippen molar-refractivity contribution in [1.29, 1.82) is 0 Å². The Morgan fingerprint density at radius 1 is 1.10 bits per heavy atom. The van der Waals surface area contributed by atoms with Crippen molar-refractivity contribution in [2.75, 3.05) is 0 Å². The number of rotatable bonds is 5. The van der Waals surface area contributed by atoms with Gasteiger partial charge in [0.1, 0.15) is 17.3 Å². The molecule has 21 heavy (non-hydrogen) atoms. The van der Waals surface area contributed by atoms with E-state index < -0.39 is 9.05 Å².